The molecule has 102 valence electrons. The number of hydrogen-bond donors (Lipinski definition) is 1. The van der Waals surface area contributed by atoms with Crippen molar-refractivity contribution in [3.8, 4) is 0 Å². The predicted octanol–water partition coefficient (Wildman–Crippen LogP) is 3.22. The predicted molar refractivity (Wildman–Crippen MR) is 79.6 cm³/mol. The number of hydrogen-bond acceptors (Lipinski definition) is 4. The first-order chi connectivity index (χ1) is 9.33. The topological polar surface area (TPSA) is 34.1 Å². The molecule has 0 amide bonds. The number of nitrogens with zero attached hydrogens (tertiary/aromatic N) is 1. The van der Waals surface area contributed by atoms with Crippen LogP contribution in [0.5, 0.6) is 0 Å². The molecule has 2 aromatic rings. The van der Waals surface area contributed by atoms with Crippen molar-refractivity contribution in [1.82, 2.24) is 10.3 Å². The van der Waals surface area contributed by atoms with Crippen LogP contribution in [0, 0.1) is 0 Å². The van der Waals surface area contributed by atoms with Crippen LogP contribution in [0.2, 0.25) is 0 Å². The average Bonchev–Trinajstić information content (AvgIpc) is 2.98. The molecule has 0 radical (unpaired) electrons. The van der Waals surface area contributed by atoms with Crippen molar-refractivity contribution in [1.29, 1.82) is 0 Å². The summed E-state index contributed by atoms with van der Waals surface area (Å²) in [6.07, 6.45) is 1.86. The molecule has 19 heavy (non-hydrogen) atoms. The lowest BCUT2D eigenvalue weighted by Crippen LogP contribution is -2.28. The summed E-state index contributed by atoms with van der Waals surface area (Å²) in [7, 11) is 1.72. The van der Waals surface area contributed by atoms with Crippen molar-refractivity contribution < 1.29 is 4.74 Å². The number of ether oxygens (including phenoxy) is 1. The highest BCUT2D eigenvalue weighted by molar-refractivity contribution is 7.09. The van der Waals surface area contributed by atoms with Crippen molar-refractivity contribution in [2.75, 3.05) is 20.3 Å². The Balaban J connectivity index is 2.13. The largest absolute Gasteiger partial charge is 0.383 e. The van der Waals surface area contributed by atoms with E-state index in [9.17, 15) is 0 Å². The van der Waals surface area contributed by atoms with E-state index in [1.807, 2.05) is 17.6 Å². The standard InChI is InChI=1S/C15H20N2OS/c1-12(13-6-4-3-5-7-13)14(16-8-10-18-2)15-17-9-11-19-15/h3-7,9,11-12,14,16H,8,10H2,1-2H3. The van der Waals surface area contributed by atoms with Crippen molar-refractivity contribution in [2.24, 2.45) is 0 Å². The maximum absolute atomic E-state index is 5.12. The molecular formula is C15H20N2OS. The van der Waals surface area contributed by atoms with E-state index >= 15 is 0 Å². The normalized spacial score (nSPS) is 14.2. The van der Waals surface area contributed by atoms with Crippen LogP contribution in [0.15, 0.2) is 41.9 Å². The summed E-state index contributed by atoms with van der Waals surface area (Å²) in [5.74, 6) is 0.379. The highest BCUT2D eigenvalue weighted by Gasteiger charge is 2.22. The zero-order valence-electron chi connectivity index (χ0n) is 11.4. The molecule has 0 aliphatic rings. The monoisotopic (exact) mass is 276 g/mol. The van der Waals surface area contributed by atoms with Gasteiger partial charge in [-0.2, -0.15) is 0 Å². The van der Waals surface area contributed by atoms with Gasteiger partial charge in [-0.1, -0.05) is 37.3 Å². The number of benzene rings is 1. The lowest BCUT2D eigenvalue weighted by molar-refractivity contribution is 0.194. The maximum atomic E-state index is 5.12. The second kappa shape index (κ2) is 7.38. The van der Waals surface area contributed by atoms with Crippen LogP contribution in [0.1, 0.15) is 29.5 Å². The molecule has 0 aliphatic carbocycles. The third-order valence-corrected chi connectivity index (χ3v) is 4.07. The second-order valence-corrected chi connectivity index (χ2v) is 5.42. The van der Waals surface area contributed by atoms with E-state index < -0.39 is 0 Å². The number of methoxy groups -OCH3 is 1. The van der Waals surface area contributed by atoms with Gasteiger partial charge in [0.25, 0.3) is 0 Å². The maximum Gasteiger partial charge on any atom is 0.110 e. The molecule has 2 atom stereocenters. The van der Waals surface area contributed by atoms with Gasteiger partial charge in [0.15, 0.2) is 0 Å². The first-order valence-corrected chi connectivity index (χ1v) is 7.37. The molecule has 1 aromatic carbocycles. The van der Waals surface area contributed by atoms with Gasteiger partial charge >= 0.3 is 0 Å². The Kier molecular flexibility index (Phi) is 5.51. The quantitative estimate of drug-likeness (QED) is 0.788. The smallest absolute Gasteiger partial charge is 0.110 e. The van der Waals surface area contributed by atoms with Gasteiger partial charge in [-0.3, -0.25) is 0 Å². The first-order valence-electron chi connectivity index (χ1n) is 6.49. The lowest BCUT2D eigenvalue weighted by Gasteiger charge is -2.23. The van der Waals surface area contributed by atoms with Crippen LogP contribution in [-0.4, -0.2) is 25.2 Å². The molecule has 0 saturated carbocycles. The zero-order chi connectivity index (χ0) is 13.5. The summed E-state index contributed by atoms with van der Waals surface area (Å²) in [6.45, 7) is 3.78. The van der Waals surface area contributed by atoms with Crippen LogP contribution in [-0.2, 0) is 4.74 Å². The average molecular weight is 276 g/mol. The molecule has 0 aliphatic heterocycles. The molecule has 1 heterocycles. The Morgan fingerprint density at radius 3 is 2.74 bits per heavy atom. The van der Waals surface area contributed by atoms with E-state index in [1.165, 1.54) is 5.56 Å². The summed E-state index contributed by atoms with van der Waals surface area (Å²) in [4.78, 5) is 4.46. The van der Waals surface area contributed by atoms with Crippen molar-refractivity contribution in [3.63, 3.8) is 0 Å². The van der Waals surface area contributed by atoms with Crippen molar-refractivity contribution in [3.05, 3.63) is 52.5 Å². The van der Waals surface area contributed by atoms with Gasteiger partial charge in [-0.05, 0) is 5.56 Å². The molecule has 1 N–H and O–H groups in total. The minimum absolute atomic E-state index is 0.234. The molecule has 0 saturated heterocycles. The Hall–Kier alpha value is -1.23. The SMILES string of the molecule is COCCNC(c1nccs1)C(C)c1ccccc1. The minimum Gasteiger partial charge on any atom is -0.383 e. The van der Waals surface area contributed by atoms with Crippen LogP contribution < -0.4 is 5.32 Å². The van der Waals surface area contributed by atoms with Crippen LogP contribution in [0.25, 0.3) is 0 Å². The van der Waals surface area contributed by atoms with Gasteiger partial charge in [0, 0.05) is 31.1 Å². The van der Waals surface area contributed by atoms with Crippen LogP contribution in [0.3, 0.4) is 0 Å². The fourth-order valence-corrected chi connectivity index (χ4v) is 2.95. The molecule has 0 spiro atoms. The highest BCUT2D eigenvalue weighted by Crippen LogP contribution is 2.31. The fourth-order valence-electron chi connectivity index (χ4n) is 2.13. The lowest BCUT2D eigenvalue weighted by atomic mass is 9.93. The summed E-state index contributed by atoms with van der Waals surface area (Å²) >= 11 is 1.70. The molecule has 2 unspecified atom stereocenters. The molecule has 2 rings (SSSR count). The van der Waals surface area contributed by atoms with Crippen molar-refractivity contribution >= 4 is 11.3 Å². The summed E-state index contributed by atoms with van der Waals surface area (Å²) < 4.78 is 5.12. The number of thiazole rings is 1. The minimum atomic E-state index is 0.234. The van der Waals surface area contributed by atoms with E-state index in [0.29, 0.717) is 12.5 Å². The highest BCUT2D eigenvalue weighted by atomic mass is 32.1. The molecule has 1 aromatic heterocycles. The van der Waals surface area contributed by atoms with Gasteiger partial charge < -0.3 is 10.1 Å². The van der Waals surface area contributed by atoms with Crippen LogP contribution in [0.4, 0.5) is 0 Å². The second-order valence-electron chi connectivity index (χ2n) is 4.49. The van der Waals surface area contributed by atoms with E-state index in [4.69, 9.17) is 4.74 Å². The number of nitrogens with one attached hydrogen (secondary N) is 1. The zero-order valence-corrected chi connectivity index (χ0v) is 12.2. The number of aromatic nitrogens is 1. The van der Waals surface area contributed by atoms with Gasteiger partial charge in [0.05, 0.1) is 12.6 Å². The van der Waals surface area contributed by atoms with E-state index in [2.05, 4.69) is 41.5 Å². The van der Waals surface area contributed by atoms with Gasteiger partial charge in [0.2, 0.25) is 0 Å². The first kappa shape index (κ1) is 14.2. The summed E-state index contributed by atoms with van der Waals surface area (Å²) in [5, 5.41) is 6.70. The Morgan fingerprint density at radius 2 is 2.11 bits per heavy atom. The van der Waals surface area contributed by atoms with E-state index in [-0.39, 0.29) is 6.04 Å². The molecule has 0 fully saturated rings. The summed E-state index contributed by atoms with van der Waals surface area (Å²) in [6, 6.07) is 10.8. The third kappa shape index (κ3) is 3.86. The Morgan fingerprint density at radius 1 is 1.32 bits per heavy atom. The van der Waals surface area contributed by atoms with Gasteiger partial charge in [-0.15, -0.1) is 11.3 Å². The summed E-state index contributed by atoms with van der Waals surface area (Å²) in [5.41, 5.74) is 1.33. The molecule has 4 heteroatoms. The Bertz CT molecular complexity index is 458. The Labute approximate surface area is 118 Å². The van der Waals surface area contributed by atoms with Crippen LogP contribution >= 0.6 is 11.3 Å². The van der Waals surface area contributed by atoms with E-state index in [1.54, 1.807) is 18.4 Å². The third-order valence-electron chi connectivity index (χ3n) is 3.21. The van der Waals surface area contributed by atoms with E-state index in [0.717, 1.165) is 11.6 Å². The van der Waals surface area contributed by atoms with Gasteiger partial charge in [-0.25, -0.2) is 4.98 Å². The molecule has 3 nitrogen and oxygen atoms in total. The molecular weight excluding hydrogens is 256 g/mol. The molecule has 0 bridgehead atoms. The van der Waals surface area contributed by atoms with Gasteiger partial charge in [0.1, 0.15) is 5.01 Å². The van der Waals surface area contributed by atoms with Crippen molar-refractivity contribution in [2.45, 2.75) is 18.9 Å². The number of rotatable bonds is 7. The fraction of sp³-hybridized carbons (Fsp3) is 0.400.